The van der Waals surface area contributed by atoms with Gasteiger partial charge >= 0.3 is 0 Å². The van der Waals surface area contributed by atoms with Crippen LogP contribution in [-0.2, 0) is 40.5 Å². The zero-order valence-corrected chi connectivity index (χ0v) is 40.1. The van der Waals surface area contributed by atoms with Gasteiger partial charge in [0.05, 0.1) is 43.9 Å². The lowest BCUT2D eigenvalue weighted by Crippen LogP contribution is -2.04. The quantitative estimate of drug-likeness (QED) is 0.0387. The Hall–Kier alpha value is -7.74. The highest BCUT2D eigenvalue weighted by Gasteiger charge is 2.19. The summed E-state index contributed by atoms with van der Waals surface area (Å²) in [6.45, 7) is 3.41. The van der Waals surface area contributed by atoms with Gasteiger partial charge in [0.2, 0.25) is 17.2 Å². The Morgan fingerprint density at radius 2 is 0.718 bits per heavy atom. The SMILES string of the molecule is Cc1cc(Nc2nc(Cl)nc(Nc3ccc(N=Nc4ccc(N=Nc5ccc(S(=O)(=O)O)cc5)cc4S(=O)(=O)O)c(C)c3)n2)ccc1N=Nc1ccc(N=Nc2ccc(S(=O)(=O)O)cc2)cc1S(=O)(=O)O. The van der Waals surface area contributed by atoms with Crippen LogP contribution < -0.4 is 10.6 Å². The molecule has 30 heteroatoms. The third-order valence-electron chi connectivity index (χ3n) is 9.32. The van der Waals surface area contributed by atoms with Crippen molar-refractivity contribution in [1.29, 1.82) is 0 Å². The Balaban J connectivity index is 1.01. The maximum Gasteiger partial charge on any atom is 0.296 e. The summed E-state index contributed by atoms with van der Waals surface area (Å²) in [4.78, 5) is 10.7. The molecule has 6 aromatic carbocycles. The van der Waals surface area contributed by atoms with E-state index in [1.807, 2.05) is 0 Å². The Bertz CT molecular complexity index is 3570. The average Bonchev–Trinajstić information content (AvgIpc) is 3.29. The van der Waals surface area contributed by atoms with Crippen LogP contribution in [0, 0.1) is 13.8 Å². The molecular weight excluding hydrogens is 1030 g/mol. The molecule has 0 unspecified atom stereocenters. The number of azo groups is 4. The van der Waals surface area contributed by atoms with Crippen LogP contribution >= 0.6 is 11.6 Å². The first-order valence-electron chi connectivity index (χ1n) is 19.6. The Labute approximate surface area is 408 Å². The summed E-state index contributed by atoms with van der Waals surface area (Å²) in [5.74, 6) is 0.0927. The van der Waals surface area contributed by atoms with Crippen molar-refractivity contribution in [2.45, 2.75) is 33.4 Å². The molecule has 25 nitrogen and oxygen atoms in total. The van der Waals surface area contributed by atoms with E-state index >= 15 is 0 Å². The van der Waals surface area contributed by atoms with E-state index in [0.29, 0.717) is 33.9 Å². The molecule has 1 aromatic heterocycles. The van der Waals surface area contributed by atoms with Gasteiger partial charge in [-0.1, -0.05) is 0 Å². The third-order valence-corrected chi connectivity index (χ3v) is 13.0. The van der Waals surface area contributed by atoms with Crippen molar-refractivity contribution in [1.82, 2.24) is 15.0 Å². The molecule has 0 aliphatic rings. The summed E-state index contributed by atoms with van der Waals surface area (Å²) in [5.41, 5.74) is 2.72. The van der Waals surface area contributed by atoms with Crippen molar-refractivity contribution in [3.8, 4) is 0 Å². The molecule has 1 heterocycles. The van der Waals surface area contributed by atoms with Crippen LogP contribution in [-0.4, -0.2) is 66.8 Å². The van der Waals surface area contributed by atoms with Gasteiger partial charge in [0.1, 0.15) is 21.2 Å². The first-order chi connectivity index (χ1) is 33.4. The van der Waals surface area contributed by atoms with Crippen molar-refractivity contribution in [2.24, 2.45) is 40.9 Å². The average molecular weight is 1060 g/mol. The molecule has 7 aromatic rings. The Morgan fingerprint density at radius 3 is 1.06 bits per heavy atom. The molecule has 0 saturated heterocycles. The van der Waals surface area contributed by atoms with Crippen LogP contribution in [0.2, 0.25) is 5.28 Å². The van der Waals surface area contributed by atoms with E-state index < -0.39 is 50.3 Å². The molecule has 0 aliphatic carbocycles. The number of anilines is 4. The van der Waals surface area contributed by atoms with Crippen molar-refractivity contribution in [3.63, 3.8) is 0 Å². The largest absolute Gasteiger partial charge is 0.324 e. The second-order valence-electron chi connectivity index (χ2n) is 14.5. The maximum atomic E-state index is 12.3. The van der Waals surface area contributed by atoms with Crippen molar-refractivity contribution < 1.29 is 51.9 Å². The van der Waals surface area contributed by atoms with Crippen molar-refractivity contribution in [2.75, 3.05) is 10.6 Å². The van der Waals surface area contributed by atoms with E-state index in [9.17, 15) is 42.8 Å². The standard InChI is InChI=1S/C41H32ClN13O12S4/c1-23-19-27(7-15-33(23)52-54-35-17-9-29(21-37(35)70(62,63)64)50-48-25-3-11-31(12-4-25)68(56,57)58)43-40-45-39(42)46-41(47-40)44-28-8-16-34(24(2)20-28)53-55-36-18-10-30(22-38(36)71(65,66)67)51-49-26-5-13-32(14-6-26)69(59,60)61/h3-22H,1-2H3,(H,56,57,58)(H,59,60,61)(H,62,63,64)(H,65,66,67)(H2,43,44,45,46,47). The highest BCUT2D eigenvalue weighted by atomic mass is 35.5. The fraction of sp³-hybridized carbons (Fsp3) is 0.0488. The molecule has 6 N–H and O–H groups in total. The van der Waals surface area contributed by atoms with E-state index in [1.165, 1.54) is 48.5 Å². The molecule has 0 aliphatic heterocycles. The van der Waals surface area contributed by atoms with Crippen molar-refractivity contribution >= 4 is 121 Å². The van der Waals surface area contributed by atoms with Crippen LogP contribution in [0.4, 0.5) is 68.8 Å². The van der Waals surface area contributed by atoms with E-state index in [0.717, 1.165) is 36.4 Å². The minimum atomic E-state index is -4.82. The van der Waals surface area contributed by atoms with Gasteiger partial charge in [0.25, 0.3) is 40.5 Å². The monoisotopic (exact) mass is 1060 g/mol. The van der Waals surface area contributed by atoms with E-state index in [2.05, 4.69) is 66.5 Å². The highest BCUT2D eigenvalue weighted by molar-refractivity contribution is 7.86. The predicted molar refractivity (Wildman–Crippen MR) is 255 cm³/mol. The molecule has 0 spiro atoms. The molecule has 0 atom stereocenters. The summed E-state index contributed by atoms with van der Waals surface area (Å²) in [6, 6.07) is 26.4. The second-order valence-corrected chi connectivity index (χ2v) is 20.5. The highest BCUT2D eigenvalue weighted by Crippen LogP contribution is 2.35. The van der Waals surface area contributed by atoms with E-state index in [4.69, 9.17) is 20.7 Å². The summed E-state index contributed by atoms with van der Waals surface area (Å²) < 4.78 is 132. The molecule has 0 fully saturated rings. The van der Waals surface area contributed by atoms with Gasteiger partial charge in [-0.05, 0) is 158 Å². The van der Waals surface area contributed by atoms with Crippen molar-refractivity contribution in [3.05, 3.63) is 138 Å². The number of rotatable bonds is 16. The summed E-state index contributed by atoms with van der Waals surface area (Å²) in [7, 11) is -18.5. The number of halogens is 1. The van der Waals surface area contributed by atoms with Crippen LogP contribution in [0.1, 0.15) is 11.1 Å². The third kappa shape index (κ3) is 13.7. The number of hydrogen-bond acceptors (Lipinski definition) is 21. The first kappa shape index (κ1) is 51.1. The normalized spacial score (nSPS) is 12.7. The molecule has 71 heavy (non-hydrogen) atoms. The topological polar surface area (TPSA) is 379 Å². The van der Waals surface area contributed by atoms with Crippen LogP contribution in [0.3, 0.4) is 0 Å². The molecular formula is C41H32ClN13O12S4. The van der Waals surface area contributed by atoms with Gasteiger partial charge in [0, 0.05) is 11.4 Å². The number of benzene rings is 6. The van der Waals surface area contributed by atoms with Gasteiger partial charge in [-0.15, -0.1) is 10.2 Å². The summed E-state index contributed by atoms with van der Waals surface area (Å²) >= 11 is 6.24. The number of aromatic nitrogens is 3. The predicted octanol–water partition coefficient (Wildman–Crippen LogP) is 11.3. The molecule has 7 rings (SSSR count). The lowest BCUT2D eigenvalue weighted by Gasteiger charge is -2.10. The minimum Gasteiger partial charge on any atom is -0.324 e. The maximum absolute atomic E-state index is 12.3. The van der Waals surface area contributed by atoms with Gasteiger partial charge < -0.3 is 10.6 Å². The summed E-state index contributed by atoms with van der Waals surface area (Å²) in [5, 5.41) is 37.9. The van der Waals surface area contributed by atoms with E-state index in [-0.39, 0.29) is 61.1 Å². The minimum absolute atomic E-state index is 0.00514. The summed E-state index contributed by atoms with van der Waals surface area (Å²) in [6.07, 6.45) is 0. The molecule has 0 saturated carbocycles. The fourth-order valence-electron chi connectivity index (χ4n) is 5.94. The zero-order chi connectivity index (χ0) is 51.3. The zero-order valence-electron chi connectivity index (χ0n) is 36.0. The smallest absolute Gasteiger partial charge is 0.296 e. The van der Waals surface area contributed by atoms with Crippen LogP contribution in [0.15, 0.2) is 182 Å². The molecule has 364 valence electrons. The lowest BCUT2D eigenvalue weighted by atomic mass is 10.2. The van der Waals surface area contributed by atoms with Crippen LogP contribution in [0.5, 0.6) is 0 Å². The molecule has 0 bridgehead atoms. The van der Waals surface area contributed by atoms with Crippen LogP contribution in [0.25, 0.3) is 0 Å². The number of aryl methyl sites for hydroxylation is 2. The molecule has 0 amide bonds. The first-order valence-corrected chi connectivity index (χ1v) is 25.7. The van der Waals surface area contributed by atoms with E-state index in [1.54, 1.807) is 50.2 Å². The number of hydrogen-bond donors (Lipinski definition) is 6. The lowest BCUT2D eigenvalue weighted by molar-refractivity contribution is 0.481. The van der Waals surface area contributed by atoms with Gasteiger partial charge in [0.15, 0.2) is 0 Å². The molecule has 0 radical (unpaired) electrons. The second kappa shape index (κ2) is 20.7. The van der Waals surface area contributed by atoms with Gasteiger partial charge in [-0.25, -0.2) is 0 Å². The Kier molecular flexibility index (Phi) is 14.9. The fourth-order valence-corrected chi connectivity index (χ4v) is 8.34. The van der Waals surface area contributed by atoms with Gasteiger partial charge in [-0.2, -0.15) is 79.3 Å². The number of nitrogens with one attached hydrogen (secondary N) is 2. The Morgan fingerprint density at radius 1 is 0.394 bits per heavy atom. The number of nitrogens with zero attached hydrogens (tertiary/aromatic N) is 11. The van der Waals surface area contributed by atoms with Gasteiger partial charge in [-0.3, -0.25) is 18.2 Å².